The molecule has 30 heavy (non-hydrogen) atoms. The van der Waals surface area contributed by atoms with Gasteiger partial charge in [0.15, 0.2) is 5.78 Å². The Morgan fingerprint density at radius 1 is 1.13 bits per heavy atom. The lowest BCUT2D eigenvalue weighted by Crippen LogP contribution is -2.49. The van der Waals surface area contributed by atoms with Crippen LogP contribution in [0.15, 0.2) is 0 Å². The van der Waals surface area contributed by atoms with Gasteiger partial charge >= 0.3 is 5.97 Å². The van der Waals surface area contributed by atoms with Gasteiger partial charge in [0.05, 0.1) is 13.2 Å². The number of ether oxygens (including phenoxy) is 1. The van der Waals surface area contributed by atoms with E-state index in [0.717, 1.165) is 12.8 Å². The molecule has 5 atom stereocenters. The van der Waals surface area contributed by atoms with Gasteiger partial charge in [0.25, 0.3) is 0 Å². The number of hydrogen-bond donors (Lipinski definition) is 0. The van der Waals surface area contributed by atoms with Crippen LogP contribution >= 0.6 is 0 Å². The molecular weight excluding hydrogens is 382 g/mol. The van der Waals surface area contributed by atoms with Crippen LogP contribution in [0.1, 0.15) is 67.2 Å². The van der Waals surface area contributed by atoms with Crippen LogP contribution in [-0.2, 0) is 23.9 Å². The number of esters is 1. The van der Waals surface area contributed by atoms with Crippen molar-refractivity contribution in [3.63, 3.8) is 0 Å². The van der Waals surface area contributed by atoms with Crippen molar-refractivity contribution in [1.29, 1.82) is 0 Å². The molecular formula is C24H37NO5. The molecule has 1 saturated heterocycles. The summed E-state index contributed by atoms with van der Waals surface area (Å²) in [4.78, 5) is 53.0. The van der Waals surface area contributed by atoms with Crippen molar-refractivity contribution < 1.29 is 23.9 Å². The van der Waals surface area contributed by atoms with E-state index < -0.39 is 23.7 Å². The third kappa shape index (κ3) is 4.19. The van der Waals surface area contributed by atoms with E-state index in [4.69, 9.17) is 0 Å². The molecule has 1 heterocycles. The number of methoxy groups -OCH3 is 1. The largest absolute Gasteiger partial charge is 0.463 e. The van der Waals surface area contributed by atoms with Crippen molar-refractivity contribution in [3.05, 3.63) is 0 Å². The minimum absolute atomic E-state index is 0.0156. The second-order valence-corrected chi connectivity index (χ2v) is 11.4. The van der Waals surface area contributed by atoms with E-state index in [1.807, 2.05) is 27.7 Å². The Bertz CT molecular complexity index is 745. The number of hydrogen-bond acceptors (Lipinski definition) is 5. The van der Waals surface area contributed by atoms with Crippen LogP contribution in [0.25, 0.3) is 0 Å². The highest BCUT2D eigenvalue weighted by Crippen LogP contribution is 2.65. The Labute approximate surface area is 180 Å². The number of likely N-dealkylation sites (tertiary alicyclic amines) is 1. The number of carbonyl (C=O) groups is 4. The Hall–Kier alpha value is -1.72. The van der Waals surface area contributed by atoms with Gasteiger partial charge in [0.2, 0.25) is 11.7 Å². The SMILES string of the molecule is COC(=O)C(=O)C(CC(=O)[C@@H]1[C@@H]2[C@H](CN1C(=O)[C@@H](C)C(C)(C)C)C2(C)C)CC1CC1. The molecule has 0 bridgehead atoms. The van der Waals surface area contributed by atoms with Gasteiger partial charge in [0, 0.05) is 24.8 Å². The number of ketones is 2. The summed E-state index contributed by atoms with van der Waals surface area (Å²) in [6, 6.07) is -0.491. The zero-order valence-corrected chi connectivity index (χ0v) is 19.5. The average molecular weight is 420 g/mol. The zero-order valence-electron chi connectivity index (χ0n) is 19.5. The molecule has 3 rings (SSSR count). The Balaban J connectivity index is 1.80. The van der Waals surface area contributed by atoms with Gasteiger partial charge in [-0.15, -0.1) is 0 Å². The first kappa shape index (κ1) is 23.0. The third-order valence-corrected chi connectivity index (χ3v) is 8.01. The molecule has 0 N–H and O–H groups in total. The average Bonchev–Trinajstić information content (AvgIpc) is 3.51. The highest BCUT2D eigenvalue weighted by molar-refractivity contribution is 6.34. The monoisotopic (exact) mass is 419 g/mol. The fraction of sp³-hybridized carbons (Fsp3) is 0.833. The third-order valence-electron chi connectivity index (χ3n) is 8.01. The van der Waals surface area contributed by atoms with Crippen molar-refractivity contribution in [2.75, 3.05) is 13.7 Å². The molecule has 1 aliphatic heterocycles. The highest BCUT2D eigenvalue weighted by atomic mass is 16.5. The minimum Gasteiger partial charge on any atom is -0.463 e. The van der Waals surface area contributed by atoms with Crippen LogP contribution in [0, 0.1) is 40.4 Å². The van der Waals surface area contributed by atoms with Gasteiger partial charge in [-0.25, -0.2) is 4.79 Å². The molecule has 0 aromatic heterocycles. The fourth-order valence-corrected chi connectivity index (χ4v) is 5.17. The first-order valence-electron chi connectivity index (χ1n) is 11.3. The van der Waals surface area contributed by atoms with Crippen LogP contribution in [0.3, 0.4) is 0 Å². The standard InChI is InChI=1S/C24H37NO5/c1-13(23(2,3)4)21(28)25-12-16-18(24(16,5)6)19(25)17(26)11-15(10-14-8-9-14)20(27)22(29)30-7/h13-16,18-19H,8-12H2,1-7H3/t13-,15?,16+,18+,19-/m1/s1. The van der Waals surface area contributed by atoms with Gasteiger partial charge in [-0.2, -0.15) is 0 Å². The summed E-state index contributed by atoms with van der Waals surface area (Å²) in [6.07, 6.45) is 2.64. The molecule has 0 aromatic rings. The van der Waals surface area contributed by atoms with Gasteiger partial charge in [-0.1, -0.05) is 54.4 Å². The van der Waals surface area contributed by atoms with Crippen LogP contribution in [0.2, 0.25) is 0 Å². The summed E-state index contributed by atoms with van der Waals surface area (Å²) in [5.74, 6) is -1.53. The molecule has 0 aromatic carbocycles. The predicted molar refractivity (Wildman–Crippen MR) is 112 cm³/mol. The maximum Gasteiger partial charge on any atom is 0.374 e. The van der Waals surface area contributed by atoms with E-state index in [2.05, 4.69) is 18.6 Å². The predicted octanol–water partition coefficient (Wildman–Crippen LogP) is 3.27. The van der Waals surface area contributed by atoms with Crippen molar-refractivity contribution in [2.24, 2.45) is 40.4 Å². The lowest BCUT2D eigenvalue weighted by atomic mass is 9.80. The topological polar surface area (TPSA) is 80.8 Å². The molecule has 2 aliphatic carbocycles. The number of carbonyl (C=O) groups excluding carboxylic acids is 4. The lowest BCUT2D eigenvalue weighted by Gasteiger charge is -2.36. The van der Waals surface area contributed by atoms with Crippen molar-refractivity contribution in [2.45, 2.75) is 73.3 Å². The molecule has 0 radical (unpaired) electrons. The fourth-order valence-electron chi connectivity index (χ4n) is 5.17. The molecule has 6 nitrogen and oxygen atoms in total. The second kappa shape index (κ2) is 7.76. The Morgan fingerprint density at radius 2 is 1.73 bits per heavy atom. The van der Waals surface area contributed by atoms with Crippen LogP contribution in [0.4, 0.5) is 0 Å². The number of piperidine rings is 1. The van der Waals surface area contributed by atoms with E-state index in [-0.39, 0.29) is 40.8 Å². The molecule has 0 spiro atoms. The number of Topliss-reactive ketones (excluding diaryl/α,β-unsaturated/α-hetero) is 2. The summed E-state index contributed by atoms with van der Waals surface area (Å²) < 4.78 is 4.63. The summed E-state index contributed by atoms with van der Waals surface area (Å²) >= 11 is 0. The van der Waals surface area contributed by atoms with Gasteiger partial charge in [-0.3, -0.25) is 14.4 Å². The zero-order chi connectivity index (χ0) is 22.6. The second-order valence-electron chi connectivity index (χ2n) is 11.4. The molecule has 1 unspecified atom stereocenters. The highest BCUT2D eigenvalue weighted by Gasteiger charge is 2.69. The van der Waals surface area contributed by atoms with Gasteiger partial charge in [-0.05, 0) is 35.0 Å². The van der Waals surface area contributed by atoms with E-state index in [0.29, 0.717) is 24.8 Å². The Morgan fingerprint density at radius 3 is 2.23 bits per heavy atom. The van der Waals surface area contributed by atoms with Crippen molar-refractivity contribution in [1.82, 2.24) is 4.90 Å². The summed E-state index contributed by atoms with van der Waals surface area (Å²) in [5, 5.41) is 0. The summed E-state index contributed by atoms with van der Waals surface area (Å²) in [6.45, 7) is 12.9. The summed E-state index contributed by atoms with van der Waals surface area (Å²) in [7, 11) is 1.19. The molecule has 6 heteroatoms. The van der Waals surface area contributed by atoms with Crippen LogP contribution < -0.4 is 0 Å². The van der Waals surface area contributed by atoms with Crippen molar-refractivity contribution in [3.8, 4) is 0 Å². The van der Waals surface area contributed by atoms with Gasteiger partial charge in [0.1, 0.15) is 0 Å². The summed E-state index contributed by atoms with van der Waals surface area (Å²) in [5.41, 5.74) is -0.164. The van der Waals surface area contributed by atoms with E-state index in [1.165, 1.54) is 7.11 Å². The number of rotatable bonds is 8. The first-order valence-corrected chi connectivity index (χ1v) is 11.3. The van der Waals surface area contributed by atoms with Gasteiger partial charge < -0.3 is 9.64 Å². The number of fused-ring (bicyclic) bond motifs is 1. The first-order chi connectivity index (χ1) is 13.8. The van der Waals surface area contributed by atoms with Crippen molar-refractivity contribution >= 4 is 23.4 Å². The van der Waals surface area contributed by atoms with Crippen LogP contribution in [-0.4, -0.2) is 48.0 Å². The van der Waals surface area contributed by atoms with E-state index in [1.54, 1.807) is 4.90 Å². The molecule has 3 aliphatic rings. The molecule has 1 amide bonds. The minimum atomic E-state index is -0.876. The Kier molecular flexibility index (Phi) is 5.94. The smallest absolute Gasteiger partial charge is 0.374 e. The molecule has 2 saturated carbocycles. The maximum atomic E-state index is 13.5. The maximum absolute atomic E-state index is 13.5. The lowest BCUT2D eigenvalue weighted by molar-refractivity contribution is -0.154. The quantitative estimate of drug-likeness (QED) is 0.446. The normalized spacial score (nSPS) is 29.0. The van der Waals surface area contributed by atoms with E-state index in [9.17, 15) is 19.2 Å². The number of amides is 1. The molecule has 168 valence electrons. The number of nitrogens with zero attached hydrogens (tertiary/aromatic N) is 1. The van der Waals surface area contributed by atoms with Crippen LogP contribution in [0.5, 0.6) is 0 Å². The molecule has 3 fully saturated rings. The van der Waals surface area contributed by atoms with E-state index >= 15 is 0 Å².